The molecule has 0 saturated heterocycles. The Hall–Kier alpha value is -2.34. The van der Waals surface area contributed by atoms with Crippen LogP contribution in [0.2, 0.25) is 0 Å². The van der Waals surface area contributed by atoms with Crippen molar-refractivity contribution in [2.24, 2.45) is 5.73 Å². The Kier molecular flexibility index (Phi) is 4.37. The van der Waals surface area contributed by atoms with Crippen molar-refractivity contribution in [2.75, 3.05) is 6.61 Å². The van der Waals surface area contributed by atoms with Gasteiger partial charge in [0, 0.05) is 0 Å². The fourth-order valence-electron chi connectivity index (χ4n) is 1.51. The second-order valence-corrected chi connectivity index (χ2v) is 4.91. The molecule has 0 aliphatic carbocycles. The zero-order chi connectivity index (χ0) is 14.5. The largest absolute Gasteiger partial charge is 0.494 e. The van der Waals surface area contributed by atoms with E-state index in [0.29, 0.717) is 27.9 Å². The van der Waals surface area contributed by atoms with Crippen molar-refractivity contribution in [2.45, 2.75) is 6.92 Å². The van der Waals surface area contributed by atoms with Crippen LogP contribution >= 0.6 is 11.3 Å². The fraction of sp³-hybridized carbons (Fsp3) is 0.143. The second-order valence-electron chi connectivity index (χ2n) is 3.82. The molecule has 0 spiro atoms. The molecule has 0 saturated carbocycles. The first kappa shape index (κ1) is 14.1. The third kappa shape index (κ3) is 3.36. The van der Waals surface area contributed by atoms with Gasteiger partial charge in [-0.25, -0.2) is 4.79 Å². The van der Waals surface area contributed by atoms with Gasteiger partial charge in [-0.2, -0.15) is 0 Å². The van der Waals surface area contributed by atoms with Gasteiger partial charge >= 0.3 is 5.97 Å². The molecule has 104 valence electrons. The van der Waals surface area contributed by atoms with Crippen LogP contribution in [0, 0.1) is 0 Å². The highest BCUT2D eigenvalue weighted by atomic mass is 32.1. The van der Waals surface area contributed by atoms with E-state index in [1.54, 1.807) is 24.3 Å². The average Bonchev–Trinajstić information content (AvgIpc) is 2.91. The first-order valence-corrected chi connectivity index (χ1v) is 6.76. The minimum absolute atomic E-state index is 0.323. The summed E-state index contributed by atoms with van der Waals surface area (Å²) in [6.45, 7) is 2.46. The molecular weight excluding hydrogens is 278 g/mol. The number of rotatable bonds is 5. The Balaban J connectivity index is 2.04. The predicted octanol–water partition coefficient (Wildman–Crippen LogP) is 2.46. The van der Waals surface area contributed by atoms with Crippen molar-refractivity contribution in [1.82, 2.24) is 0 Å². The molecule has 0 radical (unpaired) electrons. The molecule has 0 aliphatic heterocycles. The third-order valence-corrected chi connectivity index (χ3v) is 3.48. The molecule has 1 amide bonds. The lowest BCUT2D eigenvalue weighted by Gasteiger charge is -2.05. The summed E-state index contributed by atoms with van der Waals surface area (Å²) in [5.41, 5.74) is 5.13. The number of amides is 1. The van der Waals surface area contributed by atoms with Gasteiger partial charge in [-0.1, -0.05) is 0 Å². The quantitative estimate of drug-likeness (QED) is 0.678. The first-order valence-electron chi connectivity index (χ1n) is 5.95. The van der Waals surface area contributed by atoms with Crippen molar-refractivity contribution in [3.8, 4) is 11.5 Å². The number of esters is 1. The Bertz CT molecular complexity index is 618. The Morgan fingerprint density at radius 3 is 2.20 bits per heavy atom. The molecule has 6 heteroatoms. The van der Waals surface area contributed by atoms with Gasteiger partial charge < -0.3 is 15.2 Å². The van der Waals surface area contributed by atoms with Crippen LogP contribution in [0.25, 0.3) is 0 Å². The van der Waals surface area contributed by atoms with Gasteiger partial charge in [0.1, 0.15) is 16.4 Å². The molecule has 2 N–H and O–H groups in total. The van der Waals surface area contributed by atoms with Gasteiger partial charge in [0.15, 0.2) is 0 Å². The zero-order valence-electron chi connectivity index (χ0n) is 10.8. The standard InChI is InChI=1S/C14H13NO4S/c1-2-18-9-3-5-10(6-4-9)19-14(17)12-8-7-11(20-12)13(15)16/h3-8H,2H2,1H3,(H2,15,16). The molecule has 0 unspecified atom stereocenters. The minimum atomic E-state index is -0.560. The molecule has 0 bridgehead atoms. The maximum atomic E-state index is 11.9. The predicted molar refractivity (Wildman–Crippen MR) is 75.4 cm³/mol. The number of hydrogen-bond donors (Lipinski definition) is 1. The molecule has 0 aliphatic rings. The molecule has 1 aromatic carbocycles. The topological polar surface area (TPSA) is 78.6 Å². The summed E-state index contributed by atoms with van der Waals surface area (Å²) < 4.78 is 10.5. The van der Waals surface area contributed by atoms with Crippen LogP contribution in [0.15, 0.2) is 36.4 Å². The Morgan fingerprint density at radius 2 is 1.65 bits per heavy atom. The summed E-state index contributed by atoms with van der Waals surface area (Å²) in [4.78, 5) is 23.5. The van der Waals surface area contributed by atoms with Gasteiger partial charge in [-0.3, -0.25) is 4.79 Å². The highest BCUT2D eigenvalue weighted by molar-refractivity contribution is 7.15. The first-order chi connectivity index (χ1) is 9.60. The molecule has 5 nitrogen and oxygen atoms in total. The van der Waals surface area contributed by atoms with Gasteiger partial charge in [-0.15, -0.1) is 11.3 Å². The SMILES string of the molecule is CCOc1ccc(OC(=O)c2ccc(C(N)=O)s2)cc1. The molecule has 1 heterocycles. The highest BCUT2D eigenvalue weighted by Crippen LogP contribution is 2.21. The van der Waals surface area contributed by atoms with Crippen LogP contribution in [0.3, 0.4) is 0 Å². The van der Waals surface area contributed by atoms with Gasteiger partial charge in [0.05, 0.1) is 11.5 Å². The Labute approximate surface area is 119 Å². The van der Waals surface area contributed by atoms with Crippen LogP contribution in [-0.2, 0) is 0 Å². The zero-order valence-corrected chi connectivity index (χ0v) is 11.6. The summed E-state index contributed by atoms with van der Waals surface area (Å²) >= 11 is 1.01. The van der Waals surface area contributed by atoms with E-state index in [1.807, 2.05) is 6.92 Å². The summed E-state index contributed by atoms with van der Waals surface area (Å²) in [5, 5.41) is 0. The summed E-state index contributed by atoms with van der Waals surface area (Å²) in [5.74, 6) is 0.0358. The van der Waals surface area contributed by atoms with E-state index in [9.17, 15) is 9.59 Å². The van der Waals surface area contributed by atoms with Crippen molar-refractivity contribution >= 4 is 23.2 Å². The number of nitrogens with two attached hydrogens (primary N) is 1. The molecule has 2 aromatic rings. The highest BCUT2D eigenvalue weighted by Gasteiger charge is 2.14. The van der Waals surface area contributed by atoms with Gasteiger partial charge in [0.2, 0.25) is 0 Å². The average molecular weight is 291 g/mol. The van der Waals surface area contributed by atoms with E-state index in [1.165, 1.54) is 12.1 Å². The Morgan fingerprint density at radius 1 is 1.05 bits per heavy atom. The van der Waals surface area contributed by atoms with Gasteiger partial charge in [-0.05, 0) is 43.3 Å². The van der Waals surface area contributed by atoms with E-state index in [4.69, 9.17) is 15.2 Å². The number of thiophene rings is 1. The molecule has 0 atom stereocenters. The van der Waals surface area contributed by atoms with E-state index in [0.717, 1.165) is 11.3 Å². The van der Waals surface area contributed by atoms with Gasteiger partial charge in [0.25, 0.3) is 5.91 Å². The lowest BCUT2D eigenvalue weighted by molar-refractivity contribution is 0.0739. The van der Waals surface area contributed by atoms with E-state index >= 15 is 0 Å². The number of carbonyl (C=O) groups is 2. The number of carbonyl (C=O) groups excluding carboxylic acids is 2. The molecule has 20 heavy (non-hydrogen) atoms. The molecule has 2 rings (SSSR count). The molecule has 0 fully saturated rings. The smallest absolute Gasteiger partial charge is 0.353 e. The van der Waals surface area contributed by atoms with Crippen LogP contribution in [0.5, 0.6) is 11.5 Å². The maximum absolute atomic E-state index is 11.9. The number of ether oxygens (including phenoxy) is 2. The lowest BCUT2D eigenvalue weighted by atomic mass is 10.3. The summed E-state index contributed by atoms with van der Waals surface area (Å²) in [6, 6.07) is 9.74. The van der Waals surface area contributed by atoms with E-state index in [-0.39, 0.29) is 0 Å². The van der Waals surface area contributed by atoms with Crippen LogP contribution < -0.4 is 15.2 Å². The van der Waals surface area contributed by atoms with Crippen LogP contribution in [-0.4, -0.2) is 18.5 Å². The summed E-state index contributed by atoms with van der Waals surface area (Å²) in [6.07, 6.45) is 0. The van der Waals surface area contributed by atoms with Crippen molar-refractivity contribution in [3.05, 3.63) is 46.2 Å². The third-order valence-electron chi connectivity index (χ3n) is 2.40. The van der Waals surface area contributed by atoms with Crippen molar-refractivity contribution < 1.29 is 19.1 Å². The molecular formula is C14H13NO4S. The summed E-state index contributed by atoms with van der Waals surface area (Å²) in [7, 11) is 0. The molecule has 1 aromatic heterocycles. The normalized spacial score (nSPS) is 10.1. The van der Waals surface area contributed by atoms with E-state index in [2.05, 4.69) is 0 Å². The maximum Gasteiger partial charge on any atom is 0.353 e. The number of benzene rings is 1. The van der Waals surface area contributed by atoms with Crippen LogP contribution in [0.1, 0.15) is 26.3 Å². The lowest BCUT2D eigenvalue weighted by Crippen LogP contribution is -2.08. The fourth-order valence-corrected chi connectivity index (χ4v) is 2.24. The monoisotopic (exact) mass is 291 g/mol. The second kappa shape index (κ2) is 6.21. The van der Waals surface area contributed by atoms with E-state index < -0.39 is 11.9 Å². The number of primary amides is 1. The van der Waals surface area contributed by atoms with Crippen LogP contribution in [0.4, 0.5) is 0 Å². The number of hydrogen-bond acceptors (Lipinski definition) is 5. The van der Waals surface area contributed by atoms with Crippen molar-refractivity contribution in [3.63, 3.8) is 0 Å². The minimum Gasteiger partial charge on any atom is -0.494 e. The van der Waals surface area contributed by atoms with Crippen molar-refractivity contribution in [1.29, 1.82) is 0 Å².